The SMILES string of the molecule is COc1nc(C)cc(C)c1-c1ccc(-c2c(C(N)=O)cnn2[C@@H]2COC[C@H]2OC)c(F)c1.COc1nc(C)cc(C)c1-c1ccc2c(c1)[nH]c(=O)c1cnn([C@@H]3COC[C@H]3OC)c12. The summed E-state index contributed by atoms with van der Waals surface area (Å²) < 4.78 is 52.1. The fraction of sp³-hybridized carbons (Fsp3) is 0.348. The Bertz CT molecular complexity index is 2930. The van der Waals surface area contributed by atoms with Crippen LogP contribution in [0.2, 0.25) is 0 Å². The van der Waals surface area contributed by atoms with Crippen LogP contribution >= 0.6 is 0 Å². The molecule has 9 rings (SSSR count). The van der Waals surface area contributed by atoms with Gasteiger partial charge in [0.1, 0.15) is 30.1 Å². The number of ether oxygens (including phenoxy) is 6. The van der Waals surface area contributed by atoms with E-state index in [0.717, 1.165) is 50.1 Å². The maximum absolute atomic E-state index is 15.5. The van der Waals surface area contributed by atoms with E-state index in [4.69, 9.17) is 34.2 Å². The van der Waals surface area contributed by atoms with Gasteiger partial charge in [0.25, 0.3) is 11.5 Å². The minimum absolute atomic E-state index is 0.0872. The van der Waals surface area contributed by atoms with E-state index in [9.17, 15) is 9.59 Å². The number of pyridine rings is 3. The second-order valence-electron chi connectivity index (χ2n) is 15.7. The third-order valence-corrected chi connectivity index (χ3v) is 11.7. The Kier molecular flexibility index (Phi) is 12.1. The number of aryl methyl sites for hydroxylation is 4. The van der Waals surface area contributed by atoms with Crippen molar-refractivity contribution >= 4 is 27.7 Å². The lowest BCUT2D eigenvalue weighted by molar-refractivity contribution is 0.0667. The number of carbonyl (C=O) groups is 1. The number of carbonyl (C=O) groups excluding carboxylic acids is 1. The van der Waals surface area contributed by atoms with Crippen LogP contribution in [-0.4, -0.2) is 107 Å². The van der Waals surface area contributed by atoms with Gasteiger partial charge in [0.2, 0.25) is 11.8 Å². The molecule has 0 spiro atoms. The number of halogens is 1. The summed E-state index contributed by atoms with van der Waals surface area (Å²) in [5, 5.41) is 10.3. The number of hydrogen-bond donors (Lipinski definition) is 2. The van der Waals surface area contributed by atoms with Crippen LogP contribution < -0.4 is 20.8 Å². The highest BCUT2D eigenvalue weighted by Crippen LogP contribution is 2.38. The van der Waals surface area contributed by atoms with Gasteiger partial charge >= 0.3 is 0 Å². The molecule has 17 heteroatoms. The van der Waals surface area contributed by atoms with Gasteiger partial charge in [0, 0.05) is 47.7 Å². The third-order valence-electron chi connectivity index (χ3n) is 11.7. The van der Waals surface area contributed by atoms with Gasteiger partial charge in [-0.15, -0.1) is 0 Å². The zero-order chi connectivity index (χ0) is 44.7. The number of fused-ring (bicyclic) bond motifs is 3. The maximum atomic E-state index is 15.5. The van der Waals surface area contributed by atoms with Crippen LogP contribution in [0.4, 0.5) is 4.39 Å². The number of benzene rings is 2. The first-order chi connectivity index (χ1) is 30.4. The quantitative estimate of drug-likeness (QED) is 0.158. The topological polar surface area (TPSA) is 193 Å². The van der Waals surface area contributed by atoms with Gasteiger partial charge in [-0.3, -0.25) is 19.0 Å². The van der Waals surface area contributed by atoms with E-state index in [1.165, 1.54) is 19.4 Å². The van der Waals surface area contributed by atoms with E-state index < -0.39 is 11.7 Å². The lowest BCUT2D eigenvalue weighted by Crippen LogP contribution is -2.26. The number of rotatable bonds is 10. The Labute approximate surface area is 362 Å². The molecule has 3 N–H and O–H groups in total. The molecule has 7 heterocycles. The van der Waals surface area contributed by atoms with Crippen LogP contribution in [0, 0.1) is 33.5 Å². The first kappa shape index (κ1) is 43.1. The van der Waals surface area contributed by atoms with Crippen LogP contribution in [0.3, 0.4) is 0 Å². The minimum Gasteiger partial charge on any atom is -0.481 e. The largest absolute Gasteiger partial charge is 0.481 e. The Morgan fingerprint density at radius 3 is 1.86 bits per heavy atom. The van der Waals surface area contributed by atoms with E-state index in [0.29, 0.717) is 60.4 Å². The van der Waals surface area contributed by atoms with E-state index in [1.807, 2.05) is 62.7 Å². The fourth-order valence-electron chi connectivity index (χ4n) is 8.73. The van der Waals surface area contributed by atoms with Crippen molar-refractivity contribution in [3.63, 3.8) is 0 Å². The number of H-pyrrole nitrogens is 1. The number of aromatic nitrogens is 7. The number of aromatic amines is 1. The molecule has 1 amide bonds. The molecular formula is C46H49FN8O8. The molecule has 328 valence electrons. The Hall–Kier alpha value is -6.53. The highest BCUT2D eigenvalue weighted by molar-refractivity contribution is 6.04. The number of amides is 1. The number of nitrogens with zero attached hydrogens (tertiary/aromatic N) is 6. The Morgan fingerprint density at radius 1 is 0.746 bits per heavy atom. The third kappa shape index (κ3) is 7.92. The van der Waals surface area contributed by atoms with Crippen LogP contribution in [-0.2, 0) is 18.9 Å². The van der Waals surface area contributed by atoms with Crippen molar-refractivity contribution in [2.75, 3.05) is 54.9 Å². The molecule has 5 aromatic heterocycles. The summed E-state index contributed by atoms with van der Waals surface area (Å²) in [6.07, 6.45) is 2.58. The number of nitrogens with one attached hydrogen (secondary N) is 1. The van der Waals surface area contributed by atoms with Gasteiger partial charge in [-0.2, -0.15) is 10.2 Å². The van der Waals surface area contributed by atoms with Crippen molar-refractivity contribution in [3.05, 3.63) is 105 Å². The van der Waals surface area contributed by atoms with Gasteiger partial charge in [-0.1, -0.05) is 18.2 Å². The van der Waals surface area contributed by atoms with Crippen LogP contribution in [0.5, 0.6) is 11.8 Å². The number of primary amides is 1. The molecule has 4 atom stereocenters. The second-order valence-corrected chi connectivity index (χ2v) is 15.7. The van der Waals surface area contributed by atoms with E-state index in [-0.39, 0.29) is 41.0 Å². The van der Waals surface area contributed by atoms with Crippen LogP contribution in [0.25, 0.3) is 55.3 Å². The fourth-order valence-corrected chi connectivity index (χ4v) is 8.73. The molecule has 2 saturated heterocycles. The molecule has 0 bridgehead atoms. The predicted octanol–water partition coefficient (Wildman–Crippen LogP) is 6.21. The highest BCUT2D eigenvalue weighted by Gasteiger charge is 2.35. The summed E-state index contributed by atoms with van der Waals surface area (Å²) in [7, 11) is 6.39. The lowest BCUT2D eigenvalue weighted by Gasteiger charge is -2.20. The molecule has 63 heavy (non-hydrogen) atoms. The van der Waals surface area contributed by atoms with Crippen molar-refractivity contribution in [2.24, 2.45) is 5.73 Å². The normalized spacial score (nSPS) is 18.5. The van der Waals surface area contributed by atoms with E-state index in [2.05, 4.69) is 25.1 Å². The summed E-state index contributed by atoms with van der Waals surface area (Å²) >= 11 is 0. The van der Waals surface area contributed by atoms with Gasteiger partial charge < -0.3 is 39.1 Å². The first-order valence-electron chi connectivity index (χ1n) is 20.3. The molecule has 0 radical (unpaired) electrons. The maximum Gasteiger partial charge on any atom is 0.259 e. The Morgan fingerprint density at radius 2 is 1.30 bits per heavy atom. The Balaban J connectivity index is 0.000000173. The van der Waals surface area contributed by atoms with E-state index in [1.54, 1.807) is 44.3 Å². The van der Waals surface area contributed by atoms with Crippen molar-refractivity contribution < 1.29 is 37.6 Å². The van der Waals surface area contributed by atoms with Gasteiger partial charge in [-0.25, -0.2) is 14.4 Å². The zero-order valence-electron chi connectivity index (χ0n) is 36.3. The molecular weight excluding hydrogens is 812 g/mol. The number of nitrogens with two attached hydrogens (primary N) is 1. The molecule has 0 saturated carbocycles. The average Bonchev–Trinajstić information content (AvgIpc) is 4.09. The van der Waals surface area contributed by atoms with Gasteiger partial charge in [0.15, 0.2) is 0 Å². The van der Waals surface area contributed by atoms with Crippen molar-refractivity contribution in [3.8, 4) is 45.3 Å². The molecule has 0 aliphatic carbocycles. The van der Waals surface area contributed by atoms with Gasteiger partial charge in [-0.05, 0) is 80.3 Å². The summed E-state index contributed by atoms with van der Waals surface area (Å²) in [6.45, 7) is 9.47. The smallest absolute Gasteiger partial charge is 0.259 e. The molecule has 2 aliphatic heterocycles. The van der Waals surface area contributed by atoms with Crippen LogP contribution in [0.1, 0.15) is 45.0 Å². The minimum atomic E-state index is -0.692. The number of methoxy groups -OCH3 is 4. The molecule has 7 aromatic rings. The highest BCUT2D eigenvalue weighted by atomic mass is 19.1. The summed E-state index contributed by atoms with van der Waals surface area (Å²) in [5.41, 5.74) is 14.4. The second kappa shape index (κ2) is 17.7. The molecule has 0 unspecified atom stereocenters. The van der Waals surface area contributed by atoms with Crippen molar-refractivity contribution in [1.29, 1.82) is 0 Å². The molecule has 2 fully saturated rings. The van der Waals surface area contributed by atoms with Crippen molar-refractivity contribution in [2.45, 2.75) is 52.0 Å². The molecule has 2 aliphatic rings. The summed E-state index contributed by atoms with van der Waals surface area (Å²) in [6, 6.07) is 14.3. The van der Waals surface area contributed by atoms with Gasteiger partial charge in [0.05, 0.1) is 80.7 Å². The lowest BCUT2D eigenvalue weighted by atomic mass is 9.97. The number of hydrogen-bond acceptors (Lipinski definition) is 12. The monoisotopic (exact) mass is 860 g/mol. The molecule has 16 nitrogen and oxygen atoms in total. The first-order valence-corrected chi connectivity index (χ1v) is 20.3. The zero-order valence-corrected chi connectivity index (χ0v) is 36.3. The van der Waals surface area contributed by atoms with E-state index >= 15 is 4.39 Å². The van der Waals surface area contributed by atoms with Crippen LogP contribution in [0.15, 0.2) is 65.7 Å². The molecule has 2 aromatic carbocycles. The summed E-state index contributed by atoms with van der Waals surface area (Å²) in [4.78, 5) is 36.9. The standard InChI is InChI=1S/C23H25FN4O4.C23H24N4O4/c1-12-7-13(2)27-23(31-4)20(12)14-5-6-15(17(24)8-14)21-16(22(25)29)9-26-28(21)18-10-32-11-19(18)30-3;1-12-7-13(2)25-23(30-4)20(12)14-5-6-15-17(8-14)26-22(28)16-9-24-27(21(15)16)18-10-31-11-19(18)29-3/h5-9,18-19H,10-11H2,1-4H3,(H2,25,29);5-9,18-19H,10-11H2,1-4H3,(H,26,28)/t2*18-,19-/m11/s1. The summed E-state index contributed by atoms with van der Waals surface area (Å²) in [5.74, 6) is -0.232. The predicted molar refractivity (Wildman–Crippen MR) is 234 cm³/mol. The average molecular weight is 861 g/mol. The van der Waals surface area contributed by atoms with Crippen molar-refractivity contribution in [1.82, 2.24) is 34.5 Å².